The van der Waals surface area contributed by atoms with E-state index in [1.807, 2.05) is 0 Å². The summed E-state index contributed by atoms with van der Waals surface area (Å²) in [7, 11) is 0. The lowest BCUT2D eigenvalue weighted by atomic mass is 10.0. The summed E-state index contributed by atoms with van der Waals surface area (Å²) in [4.78, 5) is 46.2. The lowest BCUT2D eigenvalue weighted by Gasteiger charge is -2.31. The minimum atomic E-state index is -4.13. The molecule has 6 heterocycles. The minimum absolute atomic E-state index is 0.0307. The van der Waals surface area contributed by atoms with Gasteiger partial charge in [0, 0.05) is 5.92 Å². The van der Waals surface area contributed by atoms with Crippen LogP contribution < -0.4 is 17.0 Å². The zero-order chi connectivity index (χ0) is 30.5. The second-order valence-corrected chi connectivity index (χ2v) is 12.7. The summed E-state index contributed by atoms with van der Waals surface area (Å²) in [6, 6.07) is 0. The zero-order valence-electron chi connectivity index (χ0n) is 22.5. The van der Waals surface area contributed by atoms with E-state index in [-0.39, 0.29) is 42.6 Å². The number of aliphatic hydroxyl groups excluding tert-OH is 1. The monoisotopic (exact) mass is 642 g/mol. The predicted octanol–water partition coefficient (Wildman–Crippen LogP) is -0.132. The number of rotatable bonds is 5. The molecule has 232 valence electrons. The van der Waals surface area contributed by atoms with Gasteiger partial charge in [0.2, 0.25) is 5.95 Å². The fourth-order valence-corrected chi connectivity index (χ4v) is 6.43. The van der Waals surface area contributed by atoms with E-state index in [1.54, 1.807) is 11.5 Å². The van der Waals surface area contributed by atoms with Gasteiger partial charge in [0.15, 0.2) is 35.1 Å². The van der Waals surface area contributed by atoms with E-state index in [9.17, 15) is 19.2 Å². The Morgan fingerprint density at radius 2 is 2.05 bits per heavy atom. The first-order valence-electron chi connectivity index (χ1n) is 13.0. The summed E-state index contributed by atoms with van der Waals surface area (Å²) in [5.41, 5.74) is 11.8. The summed E-state index contributed by atoms with van der Waals surface area (Å²) in [5, 5.41) is 11.0. The van der Waals surface area contributed by atoms with Crippen molar-refractivity contribution in [3.63, 3.8) is 0 Å². The van der Waals surface area contributed by atoms with E-state index in [0.717, 1.165) is 0 Å². The van der Waals surface area contributed by atoms with Crippen LogP contribution in [0.15, 0.2) is 23.8 Å². The average molecular weight is 643 g/mol. The van der Waals surface area contributed by atoms with Gasteiger partial charge in [-0.25, -0.2) is 19.9 Å². The molecule has 2 aliphatic rings. The van der Waals surface area contributed by atoms with Crippen molar-refractivity contribution in [3.8, 4) is 0 Å². The minimum Gasteiger partial charge on any atom is -0.385 e. The first-order chi connectivity index (χ1) is 20.6. The normalized spacial score (nSPS) is 31.2. The van der Waals surface area contributed by atoms with Gasteiger partial charge in [-0.1, -0.05) is 0 Å². The van der Waals surface area contributed by atoms with Gasteiger partial charge in [0.1, 0.15) is 30.3 Å². The molecule has 2 saturated heterocycles. The summed E-state index contributed by atoms with van der Waals surface area (Å²) >= 11 is 5.26. The molecule has 0 saturated carbocycles. The van der Waals surface area contributed by atoms with Crippen LogP contribution >= 0.6 is 6.72 Å². The molecule has 0 radical (unpaired) electrons. The molecule has 18 nitrogen and oxygen atoms in total. The Labute approximate surface area is 246 Å². The third-order valence-electron chi connectivity index (χ3n) is 7.20. The van der Waals surface area contributed by atoms with Crippen LogP contribution in [0, 0.1) is 5.92 Å². The molecule has 4 aromatic rings. The number of imidazole rings is 2. The number of aromatic amines is 1. The number of anilines is 2. The van der Waals surface area contributed by atoms with Crippen molar-refractivity contribution in [2.45, 2.75) is 50.4 Å². The Morgan fingerprint density at radius 1 is 1.26 bits per heavy atom. The van der Waals surface area contributed by atoms with Crippen LogP contribution in [0.4, 0.5) is 16.2 Å². The fourth-order valence-electron chi connectivity index (χ4n) is 5.02. The fraction of sp³-hybridized carbons (Fsp3) is 0.545. The van der Waals surface area contributed by atoms with Gasteiger partial charge in [-0.3, -0.25) is 27.8 Å². The number of fused-ring (bicyclic) bond motifs is 4. The van der Waals surface area contributed by atoms with Crippen molar-refractivity contribution >= 4 is 52.6 Å². The molecule has 6 rings (SSSR count). The van der Waals surface area contributed by atoms with Gasteiger partial charge in [-0.05, 0) is 25.2 Å². The Balaban J connectivity index is 1.26. The molecule has 21 heteroatoms. The van der Waals surface area contributed by atoms with Crippen LogP contribution in [0.25, 0.3) is 22.3 Å². The van der Waals surface area contributed by atoms with Gasteiger partial charge in [0.05, 0.1) is 38.6 Å². The van der Waals surface area contributed by atoms with Crippen molar-refractivity contribution in [2.24, 2.45) is 5.92 Å². The van der Waals surface area contributed by atoms with Gasteiger partial charge in [-0.2, -0.15) is 4.98 Å². The van der Waals surface area contributed by atoms with Crippen molar-refractivity contribution in [3.05, 3.63) is 29.3 Å². The van der Waals surface area contributed by atoms with E-state index in [2.05, 4.69) is 29.9 Å². The molecule has 0 spiro atoms. The number of aliphatic hydroxyl groups is 1. The smallest absolute Gasteiger partial charge is 0.325 e. The number of nitrogens with two attached hydrogens (primary N) is 2. The highest BCUT2D eigenvalue weighted by atomic mass is 32.5. The molecule has 43 heavy (non-hydrogen) atoms. The van der Waals surface area contributed by atoms with E-state index in [0.29, 0.717) is 11.2 Å². The Kier molecular flexibility index (Phi) is 8.13. The topological polar surface area (TPSA) is 246 Å². The third kappa shape index (κ3) is 5.73. The molecule has 2 bridgehead atoms. The van der Waals surface area contributed by atoms with Gasteiger partial charge < -0.3 is 40.2 Å². The van der Waals surface area contributed by atoms with Crippen LogP contribution in [-0.4, -0.2) is 93.5 Å². The number of nitrogens with one attached hydrogen (secondary N) is 1. The second-order valence-electron chi connectivity index (χ2n) is 9.93. The molecule has 6 unspecified atom stereocenters. The highest BCUT2D eigenvalue weighted by Gasteiger charge is 2.50. The standard InChI is InChI=1S/C22H28FN10O8PS/c1-9(32-7-28-12-16(24)26-6-27-17(12)32)39-11-5-38-42(36,43)41-15-14(34)21(37-3-2-10(11)4-23)40-20(15)33-8-29-13-18(33)30-22(25)31-19(13)35/h6-11,14-15,20-21,34H,2-5H2,1H3,(H,36,43)(H2,24,26,27)(H3,25,30,31,35)/t9-,10-,11?,14?,15?,20?,21?,42?/m1/s1. The quantitative estimate of drug-likeness (QED) is 0.178. The van der Waals surface area contributed by atoms with E-state index >= 15 is 0 Å². The molecule has 0 aliphatic carbocycles. The van der Waals surface area contributed by atoms with Crippen LogP contribution in [0.1, 0.15) is 25.8 Å². The first kappa shape index (κ1) is 29.9. The van der Waals surface area contributed by atoms with Crippen molar-refractivity contribution in [2.75, 3.05) is 31.4 Å². The van der Waals surface area contributed by atoms with Crippen LogP contribution in [0.2, 0.25) is 0 Å². The van der Waals surface area contributed by atoms with E-state index in [4.69, 9.17) is 46.5 Å². The maximum atomic E-state index is 14.4. The molecule has 8 atom stereocenters. The number of nitrogen functional groups attached to an aromatic ring is 2. The average Bonchev–Trinajstić information content (AvgIpc) is 3.66. The van der Waals surface area contributed by atoms with Gasteiger partial charge in [0.25, 0.3) is 5.56 Å². The van der Waals surface area contributed by atoms with Crippen molar-refractivity contribution in [1.29, 1.82) is 0 Å². The number of ether oxygens (including phenoxy) is 3. The number of nitrogens with zero attached hydrogens (tertiary/aromatic N) is 7. The number of aromatic nitrogens is 8. The number of hydrogen-bond acceptors (Lipinski definition) is 15. The number of alkyl halides is 1. The predicted molar refractivity (Wildman–Crippen MR) is 149 cm³/mol. The molecule has 2 fully saturated rings. The Hall–Kier alpha value is -3.20. The summed E-state index contributed by atoms with van der Waals surface area (Å²) in [6.45, 7) is -3.68. The highest BCUT2D eigenvalue weighted by Crippen LogP contribution is 2.50. The van der Waals surface area contributed by atoms with Gasteiger partial charge >= 0.3 is 6.72 Å². The molecule has 7 N–H and O–H groups in total. The Bertz CT molecular complexity index is 1740. The lowest BCUT2D eigenvalue weighted by Crippen LogP contribution is -2.38. The van der Waals surface area contributed by atoms with Crippen LogP contribution in [0.5, 0.6) is 0 Å². The molecular formula is C22H28FN10O8PS. The van der Waals surface area contributed by atoms with E-state index in [1.165, 1.54) is 23.5 Å². The van der Waals surface area contributed by atoms with Crippen molar-refractivity contribution in [1.82, 2.24) is 39.0 Å². The number of hydrogen-bond donors (Lipinski definition) is 5. The molecule has 4 aromatic heterocycles. The first-order valence-corrected chi connectivity index (χ1v) is 15.6. The summed E-state index contributed by atoms with van der Waals surface area (Å²) < 4.78 is 46.5. The zero-order valence-corrected chi connectivity index (χ0v) is 24.2. The molecule has 0 amide bonds. The molecular weight excluding hydrogens is 614 g/mol. The van der Waals surface area contributed by atoms with Crippen molar-refractivity contribution < 1.29 is 37.6 Å². The molecule has 0 aromatic carbocycles. The van der Waals surface area contributed by atoms with Crippen LogP contribution in [-0.2, 0) is 35.1 Å². The molecule has 2 aliphatic heterocycles. The largest absolute Gasteiger partial charge is 0.385 e. The maximum absolute atomic E-state index is 14.4. The second kappa shape index (κ2) is 11.7. The maximum Gasteiger partial charge on any atom is 0.325 e. The lowest BCUT2D eigenvalue weighted by molar-refractivity contribution is -0.180. The van der Waals surface area contributed by atoms with E-state index < -0.39 is 61.9 Å². The Morgan fingerprint density at radius 3 is 2.84 bits per heavy atom. The van der Waals surface area contributed by atoms with Crippen LogP contribution in [0.3, 0.4) is 0 Å². The summed E-state index contributed by atoms with van der Waals surface area (Å²) in [5.74, 6) is -0.774. The highest BCUT2D eigenvalue weighted by molar-refractivity contribution is 8.07. The third-order valence-corrected chi connectivity index (χ3v) is 8.76. The summed E-state index contributed by atoms with van der Waals surface area (Å²) in [6.07, 6.45) is -2.87. The number of halogens is 1. The van der Waals surface area contributed by atoms with Gasteiger partial charge in [-0.15, -0.1) is 0 Å². The number of H-pyrrole nitrogens is 1. The SMILES string of the molecule is C[C@@H](OC1COP(O)(=S)OC2C(O)C(OCC[C@@H]1CF)OC2n1cnc2c(=O)[nH]c(N)nc21)n1cnc2c(N)ncnc21.